The summed E-state index contributed by atoms with van der Waals surface area (Å²) >= 11 is 0. The zero-order valence-electron chi connectivity index (χ0n) is 13.6. The monoisotopic (exact) mass is 343 g/mol. The second-order valence-electron chi connectivity index (χ2n) is 6.11. The van der Waals surface area contributed by atoms with E-state index in [-0.39, 0.29) is 16.5 Å². The van der Waals surface area contributed by atoms with E-state index in [4.69, 9.17) is 0 Å². The third-order valence-corrected chi connectivity index (χ3v) is 3.91. The zero-order valence-corrected chi connectivity index (χ0v) is 13.6. The lowest BCUT2D eigenvalue weighted by Gasteiger charge is -2.27. The van der Waals surface area contributed by atoms with Crippen LogP contribution in [0.15, 0.2) is 47.5 Å². The number of hydrogen-bond acceptors (Lipinski definition) is 3. The molecule has 0 radical (unpaired) electrons. The molecule has 0 bridgehead atoms. The van der Waals surface area contributed by atoms with Gasteiger partial charge in [0.05, 0.1) is 10.9 Å². The smallest absolute Gasteiger partial charge is 0.257 e. The van der Waals surface area contributed by atoms with Gasteiger partial charge in [-0.2, -0.15) is 0 Å². The highest BCUT2D eigenvalue weighted by Crippen LogP contribution is 2.26. The number of pyridine rings is 2. The number of hydrogen-bond donors (Lipinski definition) is 2. The number of nitrogens with zero attached hydrogens (tertiary/aromatic N) is 1. The Labute approximate surface area is 141 Å². The molecule has 0 aliphatic heterocycles. The van der Waals surface area contributed by atoms with Crippen molar-refractivity contribution in [2.45, 2.75) is 19.4 Å². The fourth-order valence-corrected chi connectivity index (χ4v) is 2.73. The molecule has 3 aromatic rings. The van der Waals surface area contributed by atoms with Crippen molar-refractivity contribution in [2.75, 3.05) is 0 Å². The Kier molecular flexibility index (Phi) is 4.08. The zero-order chi connectivity index (χ0) is 18.2. The molecule has 0 saturated heterocycles. The summed E-state index contributed by atoms with van der Waals surface area (Å²) in [4.78, 5) is 31.8. The predicted octanol–water partition coefficient (Wildman–Crippen LogP) is 2.87. The Bertz CT molecular complexity index is 1010. The third kappa shape index (κ3) is 3.00. The summed E-state index contributed by atoms with van der Waals surface area (Å²) in [5.74, 6) is -2.29. The lowest BCUT2D eigenvalue weighted by molar-refractivity contribution is 0.0908. The van der Waals surface area contributed by atoms with Gasteiger partial charge in [-0.3, -0.25) is 9.59 Å². The molecule has 0 aliphatic rings. The summed E-state index contributed by atoms with van der Waals surface area (Å²) in [6, 6.07) is 6.59. The van der Waals surface area contributed by atoms with E-state index in [1.807, 2.05) is 0 Å². The number of fused-ring (bicyclic) bond motifs is 1. The average molecular weight is 343 g/mol. The summed E-state index contributed by atoms with van der Waals surface area (Å²) in [5, 5.41) is 2.77. The van der Waals surface area contributed by atoms with Crippen molar-refractivity contribution in [3.8, 4) is 0 Å². The molecule has 0 aliphatic carbocycles. The molecule has 2 N–H and O–H groups in total. The molecule has 0 saturated carbocycles. The minimum Gasteiger partial charge on any atom is -0.345 e. The van der Waals surface area contributed by atoms with Crippen molar-refractivity contribution >= 4 is 16.9 Å². The first-order valence-electron chi connectivity index (χ1n) is 7.54. The van der Waals surface area contributed by atoms with Gasteiger partial charge < -0.3 is 10.3 Å². The Morgan fingerprint density at radius 1 is 1.16 bits per heavy atom. The predicted molar refractivity (Wildman–Crippen MR) is 89.2 cm³/mol. The number of H-pyrrole nitrogens is 1. The van der Waals surface area contributed by atoms with Crippen LogP contribution in [0.3, 0.4) is 0 Å². The molecular weight excluding hydrogens is 328 g/mol. The van der Waals surface area contributed by atoms with Crippen LogP contribution in [-0.4, -0.2) is 15.9 Å². The second kappa shape index (κ2) is 6.08. The van der Waals surface area contributed by atoms with E-state index in [1.165, 1.54) is 32.3 Å². The molecule has 3 rings (SSSR count). The molecular formula is C18H15F2N3O2. The third-order valence-electron chi connectivity index (χ3n) is 3.91. The number of carbonyl (C=O) groups excluding carboxylic acids is 1. The van der Waals surface area contributed by atoms with Crippen molar-refractivity contribution in [3.63, 3.8) is 0 Å². The lowest BCUT2D eigenvalue weighted by atomic mass is 9.92. The van der Waals surface area contributed by atoms with Crippen LogP contribution in [0.1, 0.15) is 29.8 Å². The number of aromatic amines is 1. The molecule has 1 aromatic carbocycles. The summed E-state index contributed by atoms with van der Waals surface area (Å²) in [6.07, 6.45) is 2.75. The average Bonchev–Trinajstić information content (AvgIpc) is 2.54. The van der Waals surface area contributed by atoms with Gasteiger partial charge in [-0.25, -0.2) is 13.8 Å². The first-order chi connectivity index (χ1) is 11.8. The van der Waals surface area contributed by atoms with Crippen LogP contribution in [0.5, 0.6) is 0 Å². The molecule has 2 heterocycles. The summed E-state index contributed by atoms with van der Waals surface area (Å²) in [7, 11) is 0. The van der Waals surface area contributed by atoms with E-state index in [1.54, 1.807) is 12.1 Å². The fraction of sp³-hybridized carbons (Fsp3) is 0.167. The summed E-state index contributed by atoms with van der Waals surface area (Å²) < 4.78 is 28.0. The molecule has 25 heavy (non-hydrogen) atoms. The van der Waals surface area contributed by atoms with Crippen molar-refractivity contribution in [3.05, 3.63) is 75.7 Å². The van der Waals surface area contributed by atoms with Crippen LogP contribution >= 0.6 is 0 Å². The van der Waals surface area contributed by atoms with Gasteiger partial charge in [0, 0.05) is 18.0 Å². The minimum atomic E-state index is -1.36. The van der Waals surface area contributed by atoms with Crippen LogP contribution in [0.2, 0.25) is 0 Å². The van der Waals surface area contributed by atoms with Gasteiger partial charge >= 0.3 is 0 Å². The van der Waals surface area contributed by atoms with Gasteiger partial charge in [-0.05, 0) is 38.1 Å². The topological polar surface area (TPSA) is 74.8 Å². The molecule has 2 aromatic heterocycles. The van der Waals surface area contributed by atoms with Crippen LogP contribution in [0.25, 0.3) is 11.0 Å². The molecule has 5 nitrogen and oxygen atoms in total. The highest BCUT2D eigenvalue weighted by molar-refractivity contribution is 5.97. The first kappa shape index (κ1) is 16.8. The SMILES string of the molecule is CC(C)(NC(=O)c1c[nH]c2ncccc2c1=O)c1c(F)cccc1F. The number of benzene rings is 1. The van der Waals surface area contributed by atoms with Crippen LogP contribution in [-0.2, 0) is 5.54 Å². The molecule has 128 valence electrons. The van der Waals surface area contributed by atoms with E-state index < -0.39 is 28.5 Å². The molecule has 0 unspecified atom stereocenters. The van der Waals surface area contributed by atoms with Crippen molar-refractivity contribution < 1.29 is 13.6 Å². The van der Waals surface area contributed by atoms with Crippen LogP contribution in [0, 0.1) is 11.6 Å². The highest BCUT2D eigenvalue weighted by atomic mass is 19.1. The van der Waals surface area contributed by atoms with Gasteiger partial charge in [0.2, 0.25) is 5.43 Å². The maximum atomic E-state index is 14.0. The van der Waals surface area contributed by atoms with E-state index in [0.29, 0.717) is 5.65 Å². The van der Waals surface area contributed by atoms with E-state index >= 15 is 0 Å². The Balaban J connectivity index is 2.00. The lowest BCUT2D eigenvalue weighted by Crippen LogP contribution is -2.43. The van der Waals surface area contributed by atoms with Crippen molar-refractivity contribution in [2.24, 2.45) is 0 Å². The van der Waals surface area contributed by atoms with E-state index in [2.05, 4.69) is 15.3 Å². The van der Waals surface area contributed by atoms with E-state index in [9.17, 15) is 18.4 Å². The number of carbonyl (C=O) groups is 1. The quantitative estimate of drug-likeness (QED) is 0.768. The van der Waals surface area contributed by atoms with Crippen LogP contribution < -0.4 is 10.7 Å². The maximum absolute atomic E-state index is 14.0. The Morgan fingerprint density at radius 2 is 1.84 bits per heavy atom. The Hall–Kier alpha value is -3.09. The Morgan fingerprint density at radius 3 is 2.52 bits per heavy atom. The minimum absolute atomic E-state index is 0.162. The molecule has 0 atom stereocenters. The molecule has 7 heteroatoms. The largest absolute Gasteiger partial charge is 0.345 e. The molecule has 0 spiro atoms. The maximum Gasteiger partial charge on any atom is 0.257 e. The number of rotatable bonds is 3. The highest BCUT2D eigenvalue weighted by Gasteiger charge is 2.30. The van der Waals surface area contributed by atoms with Gasteiger partial charge in [-0.1, -0.05) is 6.07 Å². The number of aromatic nitrogens is 2. The van der Waals surface area contributed by atoms with Gasteiger partial charge in [0.25, 0.3) is 5.91 Å². The van der Waals surface area contributed by atoms with Gasteiger partial charge in [-0.15, -0.1) is 0 Å². The fourth-order valence-electron chi connectivity index (χ4n) is 2.73. The first-order valence-corrected chi connectivity index (χ1v) is 7.54. The number of nitrogens with one attached hydrogen (secondary N) is 2. The van der Waals surface area contributed by atoms with Crippen molar-refractivity contribution in [1.82, 2.24) is 15.3 Å². The van der Waals surface area contributed by atoms with E-state index in [0.717, 1.165) is 12.1 Å². The van der Waals surface area contributed by atoms with Gasteiger partial charge in [0.1, 0.15) is 22.8 Å². The standard InChI is InChI=1S/C18H15F2N3O2/c1-18(2,14-12(19)6-3-7-13(14)20)23-17(25)11-9-22-16-10(15(11)24)5-4-8-21-16/h3-9H,1-2H3,(H,23,25)(H,21,22,24). The van der Waals surface area contributed by atoms with Crippen molar-refractivity contribution in [1.29, 1.82) is 0 Å². The normalized spacial score (nSPS) is 11.5. The van der Waals surface area contributed by atoms with Gasteiger partial charge in [0.15, 0.2) is 0 Å². The molecule has 1 amide bonds. The summed E-state index contributed by atoms with van der Waals surface area (Å²) in [6.45, 7) is 2.92. The second-order valence-corrected chi connectivity index (χ2v) is 6.11. The number of amides is 1. The summed E-state index contributed by atoms with van der Waals surface area (Å²) in [5.41, 5.74) is -1.96. The van der Waals surface area contributed by atoms with Crippen LogP contribution in [0.4, 0.5) is 8.78 Å². The number of halogens is 2. The molecule has 0 fully saturated rings.